The number of carboxylic acids is 1. The van der Waals surface area contributed by atoms with Gasteiger partial charge in [-0.2, -0.15) is 0 Å². The molecule has 0 saturated heterocycles. The Balaban J connectivity index is 2.50. The van der Waals surface area contributed by atoms with Crippen LogP contribution in [0.3, 0.4) is 0 Å². The summed E-state index contributed by atoms with van der Waals surface area (Å²) in [7, 11) is 0. The molecule has 2 rings (SSSR count). The molecule has 0 atom stereocenters. The lowest BCUT2D eigenvalue weighted by Gasteiger charge is -2.20. The monoisotopic (exact) mass is 338 g/mol. The first-order valence-corrected chi connectivity index (χ1v) is 8.06. The van der Waals surface area contributed by atoms with Gasteiger partial charge >= 0.3 is 5.97 Å². The molecule has 0 spiro atoms. The van der Waals surface area contributed by atoms with Gasteiger partial charge in [-0.05, 0) is 25.3 Å². The van der Waals surface area contributed by atoms with Crippen LogP contribution >= 0.6 is 11.3 Å². The van der Waals surface area contributed by atoms with E-state index in [2.05, 4.69) is 4.98 Å². The third-order valence-corrected chi connectivity index (χ3v) is 3.92. The van der Waals surface area contributed by atoms with Crippen LogP contribution in [-0.2, 0) is 16.0 Å². The second-order valence-corrected chi connectivity index (χ2v) is 5.48. The highest BCUT2D eigenvalue weighted by Crippen LogP contribution is 2.22. The first-order valence-electron chi connectivity index (χ1n) is 7.18. The SMILES string of the molecule is CCOC(Cn1c(-c2cccs2)ncc(C(=O)O)c1=O)OCC. The highest BCUT2D eigenvalue weighted by Gasteiger charge is 2.20. The number of rotatable bonds is 8. The minimum Gasteiger partial charge on any atom is -0.477 e. The predicted molar refractivity (Wildman–Crippen MR) is 85.8 cm³/mol. The van der Waals surface area contributed by atoms with Gasteiger partial charge < -0.3 is 14.6 Å². The Hall–Kier alpha value is -2.03. The van der Waals surface area contributed by atoms with Crippen LogP contribution in [0.4, 0.5) is 0 Å². The molecule has 0 aromatic carbocycles. The van der Waals surface area contributed by atoms with Gasteiger partial charge in [-0.15, -0.1) is 11.3 Å². The van der Waals surface area contributed by atoms with Crippen LogP contribution in [0.1, 0.15) is 24.2 Å². The van der Waals surface area contributed by atoms with Gasteiger partial charge in [0.05, 0.1) is 11.4 Å². The van der Waals surface area contributed by atoms with E-state index in [1.54, 1.807) is 0 Å². The van der Waals surface area contributed by atoms with Crippen molar-refractivity contribution in [1.29, 1.82) is 0 Å². The zero-order valence-corrected chi connectivity index (χ0v) is 13.7. The molecule has 2 aromatic rings. The molecule has 0 saturated carbocycles. The first kappa shape index (κ1) is 17.3. The van der Waals surface area contributed by atoms with E-state index in [9.17, 15) is 9.59 Å². The van der Waals surface area contributed by atoms with E-state index in [1.807, 2.05) is 31.4 Å². The average Bonchev–Trinajstić information content (AvgIpc) is 3.03. The Morgan fingerprint density at radius 1 is 1.39 bits per heavy atom. The fourth-order valence-corrected chi connectivity index (χ4v) is 2.81. The van der Waals surface area contributed by atoms with Crippen LogP contribution in [0.5, 0.6) is 0 Å². The van der Waals surface area contributed by atoms with Crippen LogP contribution < -0.4 is 5.56 Å². The minimum absolute atomic E-state index is 0.0713. The Bertz CT molecular complexity index is 705. The van der Waals surface area contributed by atoms with Crippen molar-refractivity contribution < 1.29 is 19.4 Å². The van der Waals surface area contributed by atoms with Gasteiger partial charge in [0.15, 0.2) is 12.1 Å². The van der Waals surface area contributed by atoms with Gasteiger partial charge in [0.25, 0.3) is 5.56 Å². The molecule has 2 aromatic heterocycles. The summed E-state index contributed by atoms with van der Waals surface area (Å²) < 4.78 is 12.2. The molecule has 0 amide bonds. The second-order valence-electron chi connectivity index (χ2n) is 4.53. The Labute approximate surface area is 137 Å². The molecule has 7 nitrogen and oxygen atoms in total. The molecule has 0 aliphatic rings. The Morgan fingerprint density at radius 3 is 2.61 bits per heavy atom. The summed E-state index contributed by atoms with van der Waals surface area (Å²) in [6.07, 6.45) is 0.444. The largest absolute Gasteiger partial charge is 0.477 e. The number of carbonyl (C=O) groups is 1. The highest BCUT2D eigenvalue weighted by atomic mass is 32.1. The topological polar surface area (TPSA) is 90.7 Å². The Morgan fingerprint density at radius 2 is 2.09 bits per heavy atom. The van der Waals surface area contributed by atoms with Gasteiger partial charge in [0, 0.05) is 19.4 Å². The van der Waals surface area contributed by atoms with Gasteiger partial charge in [0.2, 0.25) is 0 Å². The van der Waals surface area contributed by atoms with Crippen molar-refractivity contribution in [2.24, 2.45) is 0 Å². The van der Waals surface area contributed by atoms with Crippen LogP contribution in [0, 0.1) is 0 Å². The normalized spacial score (nSPS) is 11.1. The van der Waals surface area contributed by atoms with E-state index in [0.717, 1.165) is 11.1 Å². The molecule has 2 heterocycles. The maximum Gasteiger partial charge on any atom is 0.342 e. The molecule has 23 heavy (non-hydrogen) atoms. The average molecular weight is 338 g/mol. The summed E-state index contributed by atoms with van der Waals surface area (Å²) in [6, 6.07) is 3.66. The lowest BCUT2D eigenvalue weighted by Crippen LogP contribution is -2.34. The van der Waals surface area contributed by atoms with Crippen molar-refractivity contribution in [1.82, 2.24) is 9.55 Å². The minimum atomic E-state index is -1.31. The van der Waals surface area contributed by atoms with Crippen molar-refractivity contribution in [2.75, 3.05) is 13.2 Å². The number of aromatic carboxylic acids is 1. The number of hydrogen-bond donors (Lipinski definition) is 1. The second kappa shape index (κ2) is 8.00. The van der Waals surface area contributed by atoms with Crippen molar-refractivity contribution in [3.05, 3.63) is 39.6 Å². The van der Waals surface area contributed by atoms with E-state index in [0.29, 0.717) is 19.0 Å². The summed E-state index contributed by atoms with van der Waals surface area (Å²) >= 11 is 1.42. The molecule has 1 N–H and O–H groups in total. The molecule has 0 bridgehead atoms. The highest BCUT2D eigenvalue weighted by molar-refractivity contribution is 7.13. The summed E-state index contributed by atoms with van der Waals surface area (Å²) in [5.41, 5.74) is -1.00. The van der Waals surface area contributed by atoms with Crippen molar-refractivity contribution >= 4 is 17.3 Å². The maximum absolute atomic E-state index is 12.5. The van der Waals surface area contributed by atoms with Gasteiger partial charge in [-0.3, -0.25) is 9.36 Å². The van der Waals surface area contributed by atoms with Crippen LogP contribution in [0.25, 0.3) is 10.7 Å². The first-order chi connectivity index (χ1) is 11.1. The van der Waals surface area contributed by atoms with Gasteiger partial charge in [-0.1, -0.05) is 6.07 Å². The number of ether oxygens (including phenoxy) is 2. The fraction of sp³-hybridized carbons (Fsp3) is 0.400. The predicted octanol–water partition coefficient (Wildman–Crippen LogP) is 2.07. The smallest absolute Gasteiger partial charge is 0.342 e. The van der Waals surface area contributed by atoms with Gasteiger partial charge in [0.1, 0.15) is 5.56 Å². The van der Waals surface area contributed by atoms with Gasteiger partial charge in [-0.25, -0.2) is 9.78 Å². The van der Waals surface area contributed by atoms with E-state index >= 15 is 0 Å². The molecule has 8 heteroatoms. The van der Waals surface area contributed by atoms with Crippen molar-refractivity contribution in [3.8, 4) is 10.7 Å². The zero-order chi connectivity index (χ0) is 16.8. The summed E-state index contributed by atoms with van der Waals surface area (Å²) in [4.78, 5) is 28.6. The quantitative estimate of drug-likeness (QED) is 0.741. The summed E-state index contributed by atoms with van der Waals surface area (Å²) in [6.45, 7) is 4.54. The number of nitrogens with zero attached hydrogens (tertiary/aromatic N) is 2. The number of carboxylic acid groups (broad SMARTS) is 1. The molecular weight excluding hydrogens is 320 g/mol. The third kappa shape index (κ3) is 4.04. The lowest BCUT2D eigenvalue weighted by atomic mass is 10.3. The molecule has 0 unspecified atom stereocenters. The molecule has 0 aliphatic carbocycles. The summed E-state index contributed by atoms with van der Waals surface area (Å²) in [5, 5.41) is 11.0. The zero-order valence-electron chi connectivity index (χ0n) is 12.9. The Kier molecular flexibility index (Phi) is 6.03. The summed E-state index contributed by atoms with van der Waals surface area (Å²) in [5.74, 6) is -0.905. The number of aromatic nitrogens is 2. The van der Waals surface area contributed by atoms with Crippen LogP contribution in [0.15, 0.2) is 28.5 Å². The molecule has 0 fully saturated rings. The maximum atomic E-state index is 12.5. The number of hydrogen-bond acceptors (Lipinski definition) is 6. The number of thiophene rings is 1. The van der Waals surface area contributed by atoms with E-state index in [-0.39, 0.29) is 12.1 Å². The fourth-order valence-electron chi connectivity index (χ4n) is 2.09. The van der Waals surface area contributed by atoms with E-state index < -0.39 is 17.8 Å². The molecule has 124 valence electrons. The lowest BCUT2D eigenvalue weighted by molar-refractivity contribution is -0.143. The van der Waals surface area contributed by atoms with E-state index in [1.165, 1.54) is 15.9 Å². The standard InChI is InChI=1S/C15H18N2O5S/c1-3-21-12(22-4-2)9-17-13(11-6-5-7-23-11)16-8-10(14(17)18)15(19)20/h5-8,12H,3-4,9H2,1-2H3,(H,19,20). The third-order valence-electron chi connectivity index (χ3n) is 3.06. The van der Waals surface area contributed by atoms with Crippen LogP contribution in [-0.4, -0.2) is 40.1 Å². The van der Waals surface area contributed by atoms with Crippen LogP contribution in [0.2, 0.25) is 0 Å². The molecule has 0 aliphatic heterocycles. The molecular formula is C15H18N2O5S. The molecule has 0 radical (unpaired) electrons. The van der Waals surface area contributed by atoms with Crippen molar-refractivity contribution in [2.45, 2.75) is 26.7 Å². The van der Waals surface area contributed by atoms with E-state index in [4.69, 9.17) is 14.6 Å². The van der Waals surface area contributed by atoms with Crippen molar-refractivity contribution in [3.63, 3.8) is 0 Å².